The zero-order valence-electron chi connectivity index (χ0n) is 10.9. The Labute approximate surface area is 116 Å². The van der Waals surface area contributed by atoms with Crippen LogP contribution < -0.4 is 0 Å². The monoisotopic (exact) mass is 272 g/mol. The predicted octanol–water partition coefficient (Wildman–Crippen LogP) is 3.81. The van der Waals surface area contributed by atoms with Crippen molar-refractivity contribution in [1.29, 1.82) is 0 Å². The highest BCUT2D eigenvalue weighted by Gasteiger charge is 2.28. The summed E-state index contributed by atoms with van der Waals surface area (Å²) in [6.45, 7) is 0. The average molecular weight is 272 g/mol. The van der Waals surface area contributed by atoms with Gasteiger partial charge in [-0.1, -0.05) is 24.3 Å². The van der Waals surface area contributed by atoms with Crippen LogP contribution in [0, 0.1) is 11.6 Å². The first-order chi connectivity index (χ1) is 9.65. The van der Waals surface area contributed by atoms with E-state index >= 15 is 0 Å². The van der Waals surface area contributed by atoms with E-state index in [1.807, 2.05) is 24.3 Å². The van der Waals surface area contributed by atoms with Gasteiger partial charge in [0.15, 0.2) is 0 Å². The molecule has 0 aliphatic heterocycles. The van der Waals surface area contributed by atoms with Crippen LogP contribution in [0.1, 0.15) is 29.0 Å². The van der Waals surface area contributed by atoms with E-state index < -0.39 is 11.6 Å². The summed E-state index contributed by atoms with van der Waals surface area (Å²) >= 11 is 0. The molecule has 2 aromatic rings. The SMILES string of the molecule is O=C(Cc1cc(F)ccc1F)C1CCc2ccccc21. The second kappa shape index (κ2) is 5.16. The lowest BCUT2D eigenvalue weighted by molar-refractivity contribution is -0.119. The second-order valence-electron chi connectivity index (χ2n) is 5.17. The van der Waals surface area contributed by atoms with Gasteiger partial charge in [-0.15, -0.1) is 0 Å². The fourth-order valence-electron chi connectivity index (χ4n) is 2.88. The van der Waals surface area contributed by atoms with Crippen molar-refractivity contribution in [3.8, 4) is 0 Å². The van der Waals surface area contributed by atoms with Crippen molar-refractivity contribution < 1.29 is 13.6 Å². The van der Waals surface area contributed by atoms with Crippen LogP contribution in [-0.4, -0.2) is 5.78 Å². The molecule has 1 atom stereocenters. The fourth-order valence-corrected chi connectivity index (χ4v) is 2.88. The fraction of sp³-hybridized carbons (Fsp3) is 0.235. The minimum absolute atomic E-state index is 0.0422. The molecule has 0 spiro atoms. The van der Waals surface area contributed by atoms with Crippen molar-refractivity contribution in [3.63, 3.8) is 0 Å². The van der Waals surface area contributed by atoms with Crippen molar-refractivity contribution in [2.24, 2.45) is 0 Å². The van der Waals surface area contributed by atoms with Crippen LogP contribution in [0.25, 0.3) is 0 Å². The molecule has 1 aliphatic rings. The molecule has 0 amide bonds. The lowest BCUT2D eigenvalue weighted by Crippen LogP contribution is -2.13. The van der Waals surface area contributed by atoms with Gasteiger partial charge in [-0.3, -0.25) is 4.79 Å². The van der Waals surface area contributed by atoms with Gasteiger partial charge in [0, 0.05) is 12.3 Å². The largest absolute Gasteiger partial charge is 0.299 e. The molecule has 1 aliphatic carbocycles. The van der Waals surface area contributed by atoms with Crippen molar-refractivity contribution in [3.05, 3.63) is 70.8 Å². The quantitative estimate of drug-likeness (QED) is 0.830. The zero-order chi connectivity index (χ0) is 14.1. The highest BCUT2D eigenvalue weighted by molar-refractivity contribution is 5.88. The van der Waals surface area contributed by atoms with E-state index in [-0.39, 0.29) is 23.7 Å². The number of aryl methyl sites for hydroxylation is 1. The number of rotatable bonds is 3. The van der Waals surface area contributed by atoms with Gasteiger partial charge in [-0.2, -0.15) is 0 Å². The predicted molar refractivity (Wildman–Crippen MR) is 72.6 cm³/mol. The van der Waals surface area contributed by atoms with Crippen LogP contribution in [0.2, 0.25) is 0 Å². The van der Waals surface area contributed by atoms with Gasteiger partial charge in [-0.25, -0.2) is 8.78 Å². The lowest BCUT2D eigenvalue weighted by atomic mass is 9.92. The van der Waals surface area contributed by atoms with Gasteiger partial charge in [0.2, 0.25) is 0 Å². The minimum Gasteiger partial charge on any atom is -0.299 e. The van der Waals surface area contributed by atoms with Crippen LogP contribution in [0.5, 0.6) is 0 Å². The number of hydrogen-bond acceptors (Lipinski definition) is 1. The lowest BCUT2D eigenvalue weighted by Gasteiger charge is -2.11. The van der Waals surface area contributed by atoms with E-state index in [0.717, 1.165) is 36.6 Å². The maximum absolute atomic E-state index is 13.6. The molecule has 0 bridgehead atoms. The zero-order valence-corrected chi connectivity index (χ0v) is 10.9. The molecule has 2 aromatic carbocycles. The van der Waals surface area contributed by atoms with Gasteiger partial charge in [0.1, 0.15) is 17.4 Å². The van der Waals surface area contributed by atoms with Gasteiger partial charge >= 0.3 is 0 Å². The van der Waals surface area contributed by atoms with E-state index in [2.05, 4.69) is 0 Å². The molecular formula is C17H14F2O. The molecule has 0 aromatic heterocycles. The standard InChI is InChI=1S/C17H14F2O/c18-13-6-8-16(19)12(9-13)10-17(20)15-7-5-11-3-1-2-4-14(11)15/h1-4,6,8-9,15H,5,7,10H2. The Hall–Kier alpha value is -2.03. The van der Waals surface area contributed by atoms with Crippen molar-refractivity contribution in [1.82, 2.24) is 0 Å². The van der Waals surface area contributed by atoms with Crippen LogP contribution >= 0.6 is 0 Å². The smallest absolute Gasteiger partial charge is 0.144 e. The summed E-state index contributed by atoms with van der Waals surface area (Å²) in [5.74, 6) is -1.26. The summed E-state index contributed by atoms with van der Waals surface area (Å²) in [5, 5.41) is 0. The molecule has 20 heavy (non-hydrogen) atoms. The van der Waals surface area contributed by atoms with E-state index in [4.69, 9.17) is 0 Å². The highest BCUT2D eigenvalue weighted by Crippen LogP contribution is 2.34. The first-order valence-electron chi connectivity index (χ1n) is 6.69. The molecule has 0 saturated heterocycles. The Kier molecular flexibility index (Phi) is 3.35. The Morgan fingerprint density at radius 1 is 1.15 bits per heavy atom. The van der Waals surface area contributed by atoms with Crippen LogP contribution in [-0.2, 0) is 17.6 Å². The van der Waals surface area contributed by atoms with E-state index in [9.17, 15) is 13.6 Å². The molecule has 0 N–H and O–H groups in total. The Morgan fingerprint density at radius 2 is 1.95 bits per heavy atom. The minimum atomic E-state index is -0.522. The van der Waals surface area contributed by atoms with Gasteiger partial charge in [0.05, 0.1) is 0 Å². The van der Waals surface area contributed by atoms with Crippen molar-refractivity contribution in [2.45, 2.75) is 25.2 Å². The second-order valence-corrected chi connectivity index (χ2v) is 5.17. The summed E-state index contributed by atoms with van der Waals surface area (Å²) in [7, 11) is 0. The molecule has 0 saturated carbocycles. The van der Waals surface area contributed by atoms with Crippen molar-refractivity contribution >= 4 is 5.78 Å². The van der Waals surface area contributed by atoms with Crippen LogP contribution in [0.15, 0.2) is 42.5 Å². The van der Waals surface area contributed by atoms with Crippen LogP contribution in [0.4, 0.5) is 8.78 Å². The third-order valence-corrected chi connectivity index (χ3v) is 3.89. The van der Waals surface area contributed by atoms with Gasteiger partial charge in [0.25, 0.3) is 0 Å². The molecule has 3 heteroatoms. The van der Waals surface area contributed by atoms with E-state index in [0.29, 0.717) is 0 Å². The molecule has 0 fully saturated rings. The maximum atomic E-state index is 13.6. The summed E-state index contributed by atoms with van der Waals surface area (Å²) in [5.41, 5.74) is 2.36. The number of carbonyl (C=O) groups excluding carboxylic acids is 1. The summed E-state index contributed by atoms with van der Waals surface area (Å²) in [6.07, 6.45) is 1.58. The molecular weight excluding hydrogens is 258 g/mol. The summed E-state index contributed by atoms with van der Waals surface area (Å²) in [4.78, 5) is 12.4. The summed E-state index contributed by atoms with van der Waals surface area (Å²) in [6, 6.07) is 11.1. The first-order valence-corrected chi connectivity index (χ1v) is 6.69. The number of fused-ring (bicyclic) bond motifs is 1. The Balaban J connectivity index is 1.83. The number of benzene rings is 2. The average Bonchev–Trinajstić information content (AvgIpc) is 2.87. The number of ketones is 1. The third kappa shape index (κ3) is 2.36. The van der Waals surface area contributed by atoms with Crippen molar-refractivity contribution in [2.75, 3.05) is 0 Å². The topological polar surface area (TPSA) is 17.1 Å². The Morgan fingerprint density at radius 3 is 2.80 bits per heavy atom. The van der Waals surface area contributed by atoms with Gasteiger partial charge < -0.3 is 0 Å². The molecule has 1 nitrogen and oxygen atoms in total. The van der Waals surface area contributed by atoms with Crippen LogP contribution in [0.3, 0.4) is 0 Å². The molecule has 102 valence electrons. The van der Waals surface area contributed by atoms with E-state index in [1.165, 1.54) is 5.56 Å². The highest BCUT2D eigenvalue weighted by atomic mass is 19.1. The third-order valence-electron chi connectivity index (χ3n) is 3.89. The molecule has 0 radical (unpaired) electrons. The molecule has 3 rings (SSSR count). The molecule has 0 heterocycles. The van der Waals surface area contributed by atoms with E-state index in [1.54, 1.807) is 0 Å². The Bertz CT molecular complexity index is 664. The normalized spacial score (nSPS) is 17.0. The maximum Gasteiger partial charge on any atom is 0.144 e. The first kappa shape index (κ1) is 13.0. The number of hydrogen-bond donors (Lipinski definition) is 0. The number of Topliss-reactive ketones (excluding diaryl/α,β-unsaturated/α-hetero) is 1. The number of halogens is 2. The number of carbonyl (C=O) groups is 1. The molecule has 1 unspecified atom stereocenters. The van der Waals surface area contributed by atoms with Gasteiger partial charge in [-0.05, 0) is 47.7 Å². The summed E-state index contributed by atoms with van der Waals surface area (Å²) < 4.78 is 26.7.